The fraction of sp³-hybridized carbons (Fsp3) is 0.364. The molecule has 4 nitrogen and oxygen atoms in total. The summed E-state index contributed by atoms with van der Waals surface area (Å²) in [4.78, 5) is 0.416. The van der Waals surface area contributed by atoms with Crippen LogP contribution in [0.2, 0.25) is 0 Å². The summed E-state index contributed by atoms with van der Waals surface area (Å²) in [5.74, 6) is 0. The summed E-state index contributed by atoms with van der Waals surface area (Å²) in [7, 11) is -1.88. The minimum atomic E-state index is -3.44. The van der Waals surface area contributed by atoms with Crippen molar-refractivity contribution in [1.29, 1.82) is 0 Å². The van der Waals surface area contributed by atoms with Gasteiger partial charge in [-0.25, -0.2) is 12.7 Å². The van der Waals surface area contributed by atoms with E-state index in [1.54, 1.807) is 25.2 Å². The molecule has 0 heterocycles. The van der Waals surface area contributed by atoms with Crippen molar-refractivity contribution in [2.75, 3.05) is 13.6 Å². The lowest BCUT2D eigenvalue weighted by molar-refractivity contribution is 0.468. The standard InChI is InChI=1S/C11H16N2O2S2/c1-3-7-13(2)17(14,15)10-6-4-5-9(8-10)11(12)16/h4-6,8H,3,7H2,1-2H3,(H2,12,16). The molecular formula is C11H16N2O2S2. The van der Waals surface area contributed by atoms with Crippen molar-refractivity contribution in [3.05, 3.63) is 29.8 Å². The fourth-order valence-electron chi connectivity index (χ4n) is 1.42. The molecule has 1 aromatic rings. The summed E-state index contributed by atoms with van der Waals surface area (Å²) in [6.07, 6.45) is 0.769. The number of benzene rings is 1. The largest absolute Gasteiger partial charge is 0.389 e. The van der Waals surface area contributed by atoms with Crippen LogP contribution in [0.25, 0.3) is 0 Å². The molecule has 0 amide bonds. The molecule has 0 unspecified atom stereocenters. The van der Waals surface area contributed by atoms with Crippen molar-refractivity contribution in [3.8, 4) is 0 Å². The van der Waals surface area contributed by atoms with Crippen LogP contribution in [-0.2, 0) is 10.0 Å². The quantitative estimate of drug-likeness (QED) is 0.822. The van der Waals surface area contributed by atoms with Gasteiger partial charge in [-0.2, -0.15) is 0 Å². The molecule has 1 rings (SSSR count). The number of hydrogen-bond acceptors (Lipinski definition) is 3. The van der Waals surface area contributed by atoms with Gasteiger partial charge in [0.15, 0.2) is 0 Å². The molecule has 0 aliphatic carbocycles. The van der Waals surface area contributed by atoms with Gasteiger partial charge in [-0.05, 0) is 18.6 Å². The first-order valence-corrected chi connectivity index (χ1v) is 7.10. The van der Waals surface area contributed by atoms with Crippen molar-refractivity contribution in [2.45, 2.75) is 18.2 Å². The Kier molecular flexibility index (Phi) is 4.62. The lowest BCUT2D eigenvalue weighted by Crippen LogP contribution is -2.27. The first-order valence-electron chi connectivity index (χ1n) is 5.25. The molecule has 17 heavy (non-hydrogen) atoms. The third kappa shape index (κ3) is 3.24. The Morgan fingerprint density at radius 1 is 1.47 bits per heavy atom. The Balaban J connectivity index is 3.15. The first kappa shape index (κ1) is 14.1. The maximum Gasteiger partial charge on any atom is 0.242 e. The van der Waals surface area contributed by atoms with Crippen LogP contribution in [-0.4, -0.2) is 31.3 Å². The molecule has 0 fully saturated rings. The Hall–Kier alpha value is -0.980. The van der Waals surface area contributed by atoms with Crippen LogP contribution in [0.1, 0.15) is 18.9 Å². The lowest BCUT2D eigenvalue weighted by Gasteiger charge is -2.16. The van der Waals surface area contributed by atoms with E-state index in [1.165, 1.54) is 10.4 Å². The van der Waals surface area contributed by atoms with Gasteiger partial charge >= 0.3 is 0 Å². The predicted octanol–water partition coefficient (Wildman–Crippen LogP) is 1.35. The summed E-state index contributed by atoms with van der Waals surface area (Å²) >= 11 is 4.83. The second kappa shape index (κ2) is 5.57. The number of sulfonamides is 1. The number of nitrogens with zero attached hydrogens (tertiary/aromatic N) is 1. The van der Waals surface area contributed by atoms with Crippen LogP contribution in [0.5, 0.6) is 0 Å². The number of hydrogen-bond donors (Lipinski definition) is 1. The monoisotopic (exact) mass is 272 g/mol. The van der Waals surface area contributed by atoms with E-state index in [0.717, 1.165) is 6.42 Å². The molecule has 0 bridgehead atoms. The van der Waals surface area contributed by atoms with Crippen molar-refractivity contribution in [3.63, 3.8) is 0 Å². The van der Waals surface area contributed by atoms with Gasteiger partial charge in [-0.15, -0.1) is 0 Å². The Morgan fingerprint density at radius 2 is 2.12 bits per heavy atom. The van der Waals surface area contributed by atoms with Crippen molar-refractivity contribution in [2.24, 2.45) is 5.73 Å². The van der Waals surface area contributed by atoms with Crippen LogP contribution in [0, 0.1) is 0 Å². The van der Waals surface area contributed by atoms with Crippen LogP contribution < -0.4 is 5.73 Å². The van der Waals surface area contributed by atoms with Gasteiger partial charge in [0.2, 0.25) is 10.0 Å². The molecule has 0 saturated heterocycles. The van der Waals surface area contributed by atoms with E-state index in [2.05, 4.69) is 0 Å². The highest BCUT2D eigenvalue weighted by atomic mass is 32.2. The highest BCUT2D eigenvalue weighted by Gasteiger charge is 2.20. The maximum absolute atomic E-state index is 12.1. The first-order chi connectivity index (χ1) is 7.89. The molecule has 0 aliphatic heterocycles. The van der Waals surface area contributed by atoms with Crippen molar-refractivity contribution in [1.82, 2.24) is 4.31 Å². The summed E-state index contributed by atoms with van der Waals surface area (Å²) in [5, 5.41) is 0. The van der Waals surface area contributed by atoms with E-state index < -0.39 is 10.0 Å². The Labute approximate surface area is 107 Å². The molecule has 2 N–H and O–H groups in total. The van der Waals surface area contributed by atoms with E-state index >= 15 is 0 Å². The topological polar surface area (TPSA) is 63.4 Å². The lowest BCUT2D eigenvalue weighted by atomic mass is 10.2. The summed E-state index contributed by atoms with van der Waals surface area (Å²) in [5.41, 5.74) is 6.04. The second-order valence-electron chi connectivity index (χ2n) is 3.72. The molecule has 0 aromatic heterocycles. The molecule has 1 aromatic carbocycles. The van der Waals surface area contributed by atoms with E-state index in [4.69, 9.17) is 18.0 Å². The molecular weight excluding hydrogens is 256 g/mol. The van der Waals surface area contributed by atoms with Gasteiger partial charge in [0.25, 0.3) is 0 Å². The number of nitrogens with two attached hydrogens (primary N) is 1. The highest BCUT2D eigenvalue weighted by Crippen LogP contribution is 2.16. The number of thiocarbonyl (C=S) groups is 1. The molecule has 0 saturated carbocycles. The highest BCUT2D eigenvalue weighted by molar-refractivity contribution is 7.89. The smallest absolute Gasteiger partial charge is 0.242 e. The molecule has 0 atom stereocenters. The normalized spacial score (nSPS) is 11.7. The summed E-state index contributed by atoms with van der Waals surface area (Å²) in [6, 6.07) is 6.38. The predicted molar refractivity (Wildman–Crippen MR) is 72.4 cm³/mol. The summed E-state index contributed by atoms with van der Waals surface area (Å²) < 4.78 is 25.6. The third-order valence-corrected chi connectivity index (χ3v) is 4.45. The van der Waals surface area contributed by atoms with Crippen LogP contribution in [0.4, 0.5) is 0 Å². The van der Waals surface area contributed by atoms with Gasteiger partial charge in [0, 0.05) is 19.2 Å². The molecule has 0 aliphatic rings. The van der Waals surface area contributed by atoms with Crippen molar-refractivity contribution < 1.29 is 8.42 Å². The third-order valence-electron chi connectivity index (χ3n) is 2.37. The second-order valence-corrected chi connectivity index (χ2v) is 6.20. The average Bonchev–Trinajstić information content (AvgIpc) is 2.29. The van der Waals surface area contributed by atoms with Gasteiger partial charge in [0.1, 0.15) is 4.99 Å². The van der Waals surface area contributed by atoms with E-state index in [0.29, 0.717) is 12.1 Å². The zero-order chi connectivity index (χ0) is 13.1. The van der Waals surface area contributed by atoms with Crippen LogP contribution in [0.3, 0.4) is 0 Å². The average molecular weight is 272 g/mol. The SMILES string of the molecule is CCCN(C)S(=O)(=O)c1cccc(C(N)=S)c1. The zero-order valence-corrected chi connectivity index (χ0v) is 11.5. The van der Waals surface area contributed by atoms with Gasteiger partial charge < -0.3 is 5.73 Å². The molecule has 6 heteroatoms. The summed E-state index contributed by atoms with van der Waals surface area (Å²) in [6.45, 7) is 2.41. The minimum Gasteiger partial charge on any atom is -0.389 e. The van der Waals surface area contributed by atoms with Crippen LogP contribution in [0.15, 0.2) is 29.2 Å². The van der Waals surface area contributed by atoms with Gasteiger partial charge in [0.05, 0.1) is 4.90 Å². The van der Waals surface area contributed by atoms with Gasteiger partial charge in [-0.3, -0.25) is 0 Å². The maximum atomic E-state index is 12.1. The van der Waals surface area contributed by atoms with E-state index in [-0.39, 0.29) is 9.88 Å². The zero-order valence-electron chi connectivity index (χ0n) is 9.88. The van der Waals surface area contributed by atoms with Crippen LogP contribution >= 0.6 is 12.2 Å². The van der Waals surface area contributed by atoms with Gasteiger partial charge in [-0.1, -0.05) is 31.3 Å². The molecule has 94 valence electrons. The van der Waals surface area contributed by atoms with Crippen molar-refractivity contribution >= 4 is 27.2 Å². The molecule has 0 spiro atoms. The molecule has 0 radical (unpaired) electrons. The minimum absolute atomic E-state index is 0.195. The fourth-order valence-corrected chi connectivity index (χ4v) is 2.86. The Bertz CT molecular complexity index is 512. The van der Waals surface area contributed by atoms with E-state index in [1.807, 2.05) is 6.92 Å². The van der Waals surface area contributed by atoms with E-state index in [9.17, 15) is 8.42 Å². The number of rotatable bonds is 5. The Morgan fingerprint density at radius 3 is 2.65 bits per heavy atom.